The Morgan fingerprint density at radius 2 is 1.86 bits per heavy atom. The van der Waals surface area contributed by atoms with E-state index in [0.29, 0.717) is 34.0 Å². The van der Waals surface area contributed by atoms with E-state index in [1.807, 2.05) is 0 Å². The van der Waals surface area contributed by atoms with E-state index in [9.17, 15) is 28.2 Å². The molecular weight excluding hydrogens is 465 g/mol. The largest absolute Gasteiger partial charge is 0.464 e. The Kier molecular flexibility index (Phi) is 6.14. The number of aryl methyl sites for hydroxylation is 1. The third kappa shape index (κ3) is 4.39. The maximum Gasteiger partial charge on any atom is 0.421 e. The summed E-state index contributed by atoms with van der Waals surface area (Å²) < 4.78 is 53.0. The molecule has 2 atom stereocenters. The van der Waals surface area contributed by atoms with Crippen LogP contribution in [-0.4, -0.2) is 33.4 Å². The molecule has 4 rings (SSSR count). The Hall–Kier alpha value is -3.37. The number of aliphatic hydroxyl groups excluding tert-OH is 1. The number of nitrogens with zero attached hydrogens (tertiary/aromatic N) is 1. The Morgan fingerprint density at radius 3 is 2.54 bits per heavy atom. The van der Waals surface area contributed by atoms with Gasteiger partial charge in [-0.2, -0.15) is 13.2 Å². The number of para-hydroxylation sites is 1. The second-order valence-corrected chi connectivity index (χ2v) is 9.20. The molecule has 35 heavy (non-hydrogen) atoms. The van der Waals surface area contributed by atoms with Gasteiger partial charge in [0.1, 0.15) is 5.58 Å². The third-order valence-electron chi connectivity index (χ3n) is 6.29. The number of furan rings is 1. The van der Waals surface area contributed by atoms with E-state index < -0.39 is 35.5 Å². The highest BCUT2D eigenvalue weighted by molar-refractivity contribution is 5.86. The van der Waals surface area contributed by atoms with Gasteiger partial charge in [-0.1, -0.05) is 44.1 Å². The molecule has 0 saturated carbocycles. The number of aromatic nitrogens is 1. The van der Waals surface area contributed by atoms with Gasteiger partial charge in [-0.05, 0) is 42.5 Å². The van der Waals surface area contributed by atoms with Crippen molar-refractivity contribution in [1.29, 1.82) is 0 Å². The monoisotopic (exact) mass is 490 g/mol. The fourth-order valence-electron chi connectivity index (χ4n) is 4.42. The molecule has 0 amide bonds. The minimum absolute atomic E-state index is 0.0701. The van der Waals surface area contributed by atoms with Gasteiger partial charge >= 0.3 is 11.8 Å². The van der Waals surface area contributed by atoms with Crippen LogP contribution in [0.2, 0.25) is 0 Å². The summed E-state index contributed by atoms with van der Waals surface area (Å²) in [5.41, 5.74) is -4.08. The molecule has 4 aromatic rings. The molecule has 0 aliphatic carbocycles. The van der Waals surface area contributed by atoms with Crippen molar-refractivity contribution in [3.8, 4) is 0 Å². The Balaban J connectivity index is 1.70. The number of hydrogen-bond acceptors (Lipinski definition) is 7. The van der Waals surface area contributed by atoms with Crippen LogP contribution in [0.5, 0.6) is 0 Å². The highest BCUT2D eigenvalue weighted by Crippen LogP contribution is 2.44. The normalized spacial score (nSPS) is 15.3. The molecule has 2 heterocycles. The number of alkyl halides is 3. The fourth-order valence-corrected chi connectivity index (χ4v) is 4.42. The molecule has 0 fully saturated rings. The van der Waals surface area contributed by atoms with Gasteiger partial charge in [-0.3, -0.25) is 0 Å². The van der Waals surface area contributed by atoms with Crippen molar-refractivity contribution < 1.29 is 32.3 Å². The first-order chi connectivity index (χ1) is 16.4. The topological polar surface area (TPSA) is 109 Å². The van der Waals surface area contributed by atoms with Gasteiger partial charge in [0.05, 0.1) is 17.3 Å². The summed E-state index contributed by atoms with van der Waals surface area (Å²) in [6.07, 6.45) is -6.62. The van der Waals surface area contributed by atoms with Gasteiger partial charge in [0, 0.05) is 22.0 Å². The van der Waals surface area contributed by atoms with Crippen LogP contribution in [0.1, 0.15) is 38.4 Å². The lowest BCUT2D eigenvalue weighted by Crippen LogP contribution is -2.59. The Labute approximate surface area is 198 Å². The predicted octanol–water partition coefficient (Wildman–Crippen LogP) is 4.89. The first-order valence-electron chi connectivity index (χ1n) is 11.0. The van der Waals surface area contributed by atoms with Gasteiger partial charge < -0.3 is 24.5 Å². The van der Waals surface area contributed by atoms with Gasteiger partial charge in [0.15, 0.2) is 6.23 Å². The number of anilines is 1. The van der Waals surface area contributed by atoms with Gasteiger partial charge in [0.25, 0.3) is 0 Å². The van der Waals surface area contributed by atoms with Crippen LogP contribution in [0.4, 0.5) is 18.9 Å². The van der Waals surface area contributed by atoms with E-state index in [4.69, 9.17) is 8.94 Å². The van der Waals surface area contributed by atoms with E-state index in [2.05, 4.69) is 10.5 Å². The van der Waals surface area contributed by atoms with Crippen molar-refractivity contribution in [2.75, 3.05) is 5.32 Å². The average molecular weight is 490 g/mol. The summed E-state index contributed by atoms with van der Waals surface area (Å²) >= 11 is 0. The van der Waals surface area contributed by atoms with Crippen molar-refractivity contribution in [2.24, 2.45) is 0 Å². The Bertz CT molecular complexity index is 1430. The summed E-state index contributed by atoms with van der Waals surface area (Å²) in [5, 5.41) is 29.0. The lowest BCUT2D eigenvalue weighted by atomic mass is 9.73. The van der Waals surface area contributed by atoms with Crippen LogP contribution in [-0.2, 0) is 11.8 Å². The zero-order valence-corrected chi connectivity index (χ0v) is 19.3. The van der Waals surface area contributed by atoms with Crippen LogP contribution in [0.15, 0.2) is 62.5 Å². The second-order valence-electron chi connectivity index (χ2n) is 9.20. The van der Waals surface area contributed by atoms with Crippen molar-refractivity contribution in [2.45, 2.75) is 57.0 Å². The zero-order valence-electron chi connectivity index (χ0n) is 19.3. The van der Waals surface area contributed by atoms with E-state index in [1.165, 1.54) is 24.5 Å². The molecular formula is C25H25F3N2O5. The summed E-state index contributed by atoms with van der Waals surface area (Å²) in [6, 6.07) is 10.9. The molecule has 10 heteroatoms. The van der Waals surface area contributed by atoms with E-state index in [1.54, 1.807) is 45.0 Å². The fraction of sp³-hybridized carbons (Fsp3) is 0.360. The number of hydrogen-bond donors (Lipinski definition) is 3. The minimum atomic E-state index is -5.18. The standard InChI is InChI=1S/C25H25F3N2O5/c1-4-19-17-12-15(8-9-16(17)21(31)35-30-19)29-22(32)24(33,25(26,27)28)13-23(2,3)18-7-5-6-14-10-11-34-20(14)18/h5-12,22,29,32-33H,4,13H2,1-3H3. The lowest BCUT2D eigenvalue weighted by Gasteiger charge is -2.40. The maximum atomic E-state index is 14.2. The van der Waals surface area contributed by atoms with E-state index in [0.717, 1.165) is 0 Å². The van der Waals surface area contributed by atoms with Crippen molar-refractivity contribution >= 4 is 27.4 Å². The smallest absolute Gasteiger partial charge is 0.421 e. The first kappa shape index (κ1) is 24.7. The van der Waals surface area contributed by atoms with Gasteiger partial charge in [-0.25, -0.2) is 4.79 Å². The maximum absolute atomic E-state index is 14.2. The minimum Gasteiger partial charge on any atom is -0.464 e. The lowest BCUT2D eigenvalue weighted by molar-refractivity contribution is -0.292. The number of rotatable bonds is 7. The Morgan fingerprint density at radius 1 is 1.11 bits per heavy atom. The van der Waals surface area contributed by atoms with E-state index >= 15 is 0 Å². The number of fused-ring (bicyclic) bond motifs is 2. The van der Waals surface area contributed by atoms with E-state index in [-0.39, 0.29) is 11.1 Å². The van der Waals surface area contributed by atoms with Gasteiger partial charge in [-0.15, -0.1) is 0 Å². The number of benzene rings is 2. The summed E-state index contributed by atoms with van der Waals surface area (Å²) in [4.78, 5) is 11.9. The molecule has 2 aromatic carbocycles. The molecule has 3 N–H and O–H groups in total. The average Bonchev–Trinajstić information content (AvgIpc) is 3.27. The van der Waals surface area contributed by atoms with Crippen molar-refractivity contribution in [1.82, 2.24) is 5.16 Å². The molecule has 0 radical (unpaired) electrons. The molecule has 0 saturated heterocycles. The predicted molar refractivity (Wildman–Crippen MR) is 124 cm³/mol. The molecule has 2 aromatic heterocycles. The molecule has 0 spiro atoms. The molecule has 186 valence electrons. The summed E-state index contributed by atoms with van der Waals surface area (Å²) in [7, 11) is 0. The van der Waals surface area contributed by atoms with Crippen LogP contribution in [0.25, 0.3) is 21.7 Å². The quantitative estimate of drug-likeness (QED) is 0.317. The van der Waals surface area contributed by atoms with Crippen LogP contribution in [0, 0.1) is 0 Å². The molecule has 0 aliphatic rings. The van der Waals surface area contributed by atoms with Crippen LogP contribution < -0.4 is 10.9 Å². The van der Waals surface area contributed by atoms with Crippen molar-refractivity contribution in [3.63, 3.8) is 0 Å². The third-order valence-corrected chi connectivity index (χ3v) is 6.29. The van der Waals surface area contributed by atoms with Crippen LogP contribution in [0.3, 0.4) is 0 Å². The number of aliphatic hydroxyl groups is 2. The van der Waals surface area contributed by atoms with Gasteiger partial charge in [0.2, 0.25) is 5.60 Å². The summed E-state index contributed by atoms with van der Waals surface area (Å²) in [6.45, 7) is 4.87. The first-order valence-corrected chi connectivity index (χ1v) is 11.0. The number of nitrogens with one attached hydrogen (secondary N) is 1. The SMILES string of the molecule is CCc1noc(=O)c2ccc(NC(O)C(O)(CC(C)(C)c3cccc4ccoc34)C(F)(F)F)cc12. The van der Waals surface area contributed by atoms with Crippen LogP contribution >= 0.6 is 0 Å². The summed E-state index contributed by atoms with van der Waals surface area (Å²) in [5.74, 6) is 0. The zero-order chi connectivity index (χ0) is 25.6. The molecule has 0 aliphatic heterocycles. The second kappa shape index (κ2) is 8.69. The molecule has 7 nitrogen and oxygen atoms in total. The highest BCUT2D eigenvalue weighted by Gasteiger charge is 2.60. The number of halogens is 3. The molecule has 2 unspecified atom stereocenters. The highest BCUT2D eigenvalue weighted by atomic mass is 19.4. The molecule has 0 bridgehead atoms. The van der Waals surface area contributed by atoms with Crippen molar-refractivity contribution in [3.05, 3.63) is 70.4 Å².